The third-order valence-electron chi connectivity index (χ3n) is 5.21. The van der Waals surface area contributed by atoms with E-state index in [2.05, 4.69) is 0 Å². The van der Waals surface area contributed by atoms with Gasteiger partial charge in [0, 0.05) is 0 Å². The molecule has 0 aliphatic carbocycles. The predicted octanol–water partition coefficient (Wildman–Crippen LogP) is 4.60. The summed E-state index contributed by atoms with van der Waals surface area (Å²) in [6.07, 6.45) is -3.67. The number of benzene rings is 2. The third-order valence-corrected chi connectivity index (χ3v) is 5.21. The number of halogens is 3. The summed E-state index contributed by atoms with van der Waals surface area (Å²) >= 11 is 0. The highest BCUT2D eigenvalue weighted by atomic mass is 19.4. The fourth-order valence-electron chi connectivity index (χ4n) is 3.80. The second-order valence-electron chi connectivity index (χ2n) is 6.91. The lowest BCUT2D eigenvalue weighted by Gasteiger charge is -2.38. The summed E-state index contributed by atoms with van der Waals surface area (Å²) in [7, 11) is 1.51. The molecule has 1 fully saturated rings. The molecule has 7 heteroatoms. The second-order valence-corrected chi connectivity index (χ2v) is 6.91. The number of ether oxygens (including phenoxy) is 1. The number of piperidine rings is 1. The van der Waals surface area contributed by atoms with Gasteiger partial charge >= 0.3 is 12.1 Å². The number of methoxy groups -OCH3 is 1. The molecule has 1 N–H and O–H groups in total. The van der Waals surface area contributed by atoms with E-state index in [9.17, 15) is 23.1 Å². The van der Waals surface area contributed by atoms with Crippen LogP contribution in [-0.4, -0.2) is 36.2 Å². The Kier molecular flexibility index (Phi) is 5.93. The van der Waals surface area contributed by atoms with Crippen LogP contribution in [0.1, 0.15) is 35.6 Å². The summed E-state index contributed by atoms with van der Waals surface area (Å²) in [5.74, 6) is -0.749. The second kappa shape index (κ2) is 8.22. The Hall–Kier alpha value is -2.54. The molecule has 1 saturated heterocycles. The Morgan fingerprint density at radius 1 is 1.14 bits per heavy atom. The summed E-state index contributed by atoms with van der Waals surface area (Å²) in [5.41, 5.74) is 0.171. The Morgan fingerprint density at radius 2 is 1.82 bits per heavy atom. The summed E-state index contributed by atoms with van der Waals surface area (Å²) < 4.78 is 46.3. The predicted molar refractivity (Wildman–Crippen MR) is 98.2 cm³/mol. The molecule has 1 aliphatic rings. The number of carboxylic acids is 1. The maximum atomic E-state index is 13.7. The van der Waals surface area contributed by atoms with Crippen molar-refractivity contribution in [3.8, 4) is 5.75 Å². The molecule has 3 rings (SSSR count). The van der Waals surface area contributed by atoms with Gasteiger partial charge in [-0.1, -0.05) is 30.3 Å². The first-order chi connectivity index (χ1) is 13.3. The number of nitrogens with zero attached hydrogens (tertiary/aromatic N) is 1. The number of likely N-dealkylation sites (tertiary alicyclic amines) is 1. The van der Waals surface area contributed by atoms with Gasteiger partial charge in [0.1, 0.15) is 5.75 Å². The van der Waals surface area contributed by atoms with Crippen molar-refractivity contribution in [2.75, 3.05) is 20.2 Å². The van der Waals surface area contributed by atoms with Gasteiger partial charge in [-0.05, 0) is 55.3 Å². The fourth-order valence-corrected chi connectivity index (χ4v) is 3.80. The lowest BCUT2D eigenvalue weighted by Crippen LogP contribution is -2.39. The molecule has 0 amide bonds. The summed E-state index contributed by atoms with van der Waals surface area (Å²) in [6, 6.07) is 11.9. The normalized spacial score (nSPS) is 17.3. The van der Waals surface area contributed by atoms with Crippen molar-refractivity contribution in [3.63, 3.8) is 0 Å². The van der Waals surface area contributed by atoms with E-state index in [-0.39, 0.29) is 5.56 Å². The van der Waals surface area contributed by atoms with E-state index in [4.69, 9.17) is 4.74 Å². The number of rotatable bonds is 5. The van der Waals surface area contributed by atoms with E-state index in [0.717, 1.165) is 6.07 Å². The molecule has 1 aliphatic heterocycles. The molecule has 1 unspecified atom stereocenters. The maximum Gasteiger partial charge on any atom is 0.416 e. The summed E-state index contributed by atoms with van der Waals surface area (Å²) in [4.78, 5) is 13.2. The minimum atomic E-state index is -4.48. The minimum Gasteiger partial charge on any atom is -0.497 e. The van der Waals surface area contributed by atoms with Crippen LogP contribution in [0.5, 0.6) is 5.75 Å². The number of hydrogen-bond donors (Lipinski definition) is 1. The fraction of sp³-hybridized carbons (Fsp3) is 0.381. The first-order valence-corrected chi connectivity index (χ1v) is 9.08. The highest BCUT2D eigenvalue weighted by molar-refractivity contribution is 5.70. The highest BCUT2D eigenvalue weighted by Gasteiger charge is 2.38. The number of aliphatic carboxylic acids is 1. The molecule has 0 aromatic heterocycles. The molecule has 4 nitrogen and oxygen atoms in total. The zero-order valence-corrected chi connectivity index (χ0v) is 15.4. The third kappa shape index (κ3) is 4.30. The Morgan fingerprint density at radius 3 is 2.43 bits per heavy atom. The average Bonchev–Trinajstić information content (AvgIpc) is 2.68. The van der Waals surface area contributed by atoms with Crippen LogP contribution < -0.4 is 4.74 Å². The van der Waals surface area contributed by atoms with Gasteiger partial charge in [0.15, 0.2) is 0 Å². The molecule has 0 bridgehead atoms. The van der Waals surface area contributed by atoms with Crippen molar-refractivity contribution in [2.24, 2.45) is 5.92 Å². The monoisotopic (exact) mass is 393 g/mol. The van der Waals surface area contributed by atoms with Gasteiger partial charge in [-0.25, -0.2) is 0 Å². The van der Waals surface area contributed by atoms with E-state index in [1.54, 1.807) is 30.3 Å². The van der Waals surface area contributed by atoms with E-state index in [1.807, 2.05) is 4.90 Å². The smallest absolute Gasteiger partial charge is 0.416 e. The Balaban J connectivity index is 2.05. The molecule has 1 atom stereocenters. The van der Waals surface area contributed by atoms with E-state index < -0.39 is 29.7 Å². The molecule has 2 aromatic rings. The Bertz CT molecular complexity index is 830. The van der Waals surface area contributed by atoms with E-state index >= 15 is 0 Å². The molecule has 0 spiro atoms. The van der Waals surface area contributed by atoms with Gasteiger partial charge in [-0.15, -0.1) is 0 Å². The topological polar surface area (TPSA) is 49.8 Å². The number of carboxylic acid groups (broad SMARTS) is 1. The lowest BCUT2D eigenvalue weighted by atomic mass is 9.89. The molecule has 0 saturated carbocycles. The maximum absolute atomic E-state index is 13.7. The van der Waals surface area contributed by atoms with Crippen LogP contribution in [0.4, 0.5) is 13.2 Å². The highest BCUT2D eigenvalue weighted by Crippen LogP contribution is 2.40. The molecule has 1 heterocycles. The van der Waals surface area contributed by atoms with Gasteiger partial charge in [-0.3, -0.25) is 9.69 Å². The SMILES string of the molecule is COc1cccc(C(c2ccccc2C(F)(F)F)N2CCC(C(=O)O)CC2)c1. The van der Waals surface area contributed by atoms with Crippen molar-refractivity contribution in [1.82, 2.24) is 4.90 Å². The number of carbonyl (C=O) groups is 1. The standard InChI is InChI=1S/C21H22F3NO3/c1-28-16-6-4-5-15(13-16)19(25-11-9-14(10-12-25)20(26)27)17-7-2-3-8-18(17)21(22,23)24/h2-8,13-14,19H,9-12H2,1H3,(H,26,27). The average molecular weight is 393 g/mol. The first kappa shape index (κ1) is 20.2. The van der Waals surface area contributed by atoms with Crippen LogP contribution in [0.2, 0.25) is 0 Å². The first-order valence-electron chi connectivity index (χ1n) is 9.08. The molecule has 0 radical (unpaired) electrons. The van der Waals surface area contributed by atoms with Gasteiger partial charge in [-0.2, -0.15) is 13.2 Å². The minimum absolute atomic E-state index is 0.164. The van der Waals surface area contributed by atoms with Crippen LogP contribution in [-0.2, 0) is 11.0 Å². The summed E-state index contributed by atoms with van der Waals surface area (Å²) in [6.45, 7) is 0.816. The molecular formula is C21H22F3NO3. The molecule has 150 valence electrons. The van der Waals surface area contributed by atoms with Crippen molar-refractivity contribution in [1.29, 1.82) is 0 Å². The number of alkyl halides is 3. The van der Waals surface area contributed by atoms with Crippen LogP contribution in [0.3, 0.4) is 0 Å². The van der Waals surface area contributed by atoms with Crippen LogP contribution in [0.25, 0.3) is 0 Å². The van der Waals surface area contributed by atoms with Gasteiger partial charge in [0.25, 0.3) is 0 Å². The molecular weight excluding hydrogens is 371 g/mol. The Labute approximate surface area is 161 Å². The van der Waals surface area contributed by atoms with Crippen molar-refractivity contribution in [3.05, 3.63) is 65.2 Å². The van der Waals surface area contributed by atoms with E-state index in [0.29, 0.717) is 37.2 Å². The van der Waals surface area contributed by atoms with Crippen LogP contribution >= 0.6 is 0 Å². The van der Waals surface area contributed by atoms with Crippen molar-refractivity contribution >= 4 is 5.97 Å². The molecule has 2 aromatic carbocycles. The van der Waals surface area contributed by atoms with Gasteiger partial charge in [0.05, 0.1) is 24.6 Å². The molecule has 28 heavy (non-hydrogen) atoms. The zero-order chi connectivity index (χ0) is 20.3. The van der Waals surface area contributed by atoms with Crippen LogP contribution in [0.15, 0.2) is 48.5 Å². The van der Waals surface area contributed by atoms with Crippen molar-refractivity contribution in [2.45, 2.75) is 25.1 Å². The zero-order valence-electron chi connectivity index (χ0n) is 15.4. The van der Waals surface area contributed by atoms with Crippen LogP contribution in [0, 0.1) is 5.92 Å². The van der Waals surface area contributed by atoms with Crippen molar-refractivity contribution < 1.29 is 27.8 Å². The lowest BCUT2D eigenvalue weighted by molar-refractivity contribution is -0.143. The largest absolute Gasteiger partial charge is 0.497 e. The van der Waals surface area contributed by atoms with Gasteiger partial charge in [0.2, 0.25) is 0 Å². The number of hydrogen-bond acceptors (Lipinski definition) is 3. The quantitative estimate of drug-likeness (QED) is 0.807. The summed E-state index contributed by atoms with van der Waals surface area (Å²) in [5, 5.41) is 9.23. The van der Waals surface area contributed by atoms with E-state index in [1.165, 1.54) is 19.2 Å². The van der Waals surface area contributed by atoms with Gasteiger partial charge < -0.3 is 9.84 Å².